The molecule has 3 heterocycles. The standard InChI is InChI=1S/C19H30ClN5O2/c1-2-21-18(23-13-19(14-26)6-10-27-11-7-19)24-15-5-9-25(12-15)17-16(20)4-3-8-22-17/h3-4,8,15,26H,2,5-7,9-14H2,1H3,(H2,21,23,24). The Morgan fingerprint density at radius 1 is 1.48 bits per heavy atom. The summed E-state index contributed by atoms with van der Waals surface area (Å²) in [7, 11) is 0. The minimum Gasteiger partial charge on any atom is -0.396 e. The van der Waals surface area contributed by atoms with Gasteiger partial charge in [0.05, 0.1) is 18.2 Å². The second kappa shape index (κ2) is 9.57. The SMILES string of the molecule is CCNC(=NCC1(CO)CCOCC1)NC1CCN(c2ncccc2Cl)C1. The van der Waals surface area contributed by atoms with Crippen molar-refractivity contribution in [2.75, 3.05) is 50.9 Å². The van der Waals surface area contributed by atoms with Crippen molar-refractivity contribution in [3.63, 3.8) is 0 Å². The number of nitrogens with zero attached hydrogens (tertiary/aromatic N) is 3. The fourth-order valence-corrected chi connectivity index (χ4v) is 3.85. The maximum absolute atomic E-state index is 9.86. The first-order valence-corrected chi connectivity index (χ1v) is 10.1. The van der Waals surface area contributed by atoms with Gasteiger partial charge in [-0.2, -0.15) is 0 Å². The van der Waals surface area contributed by atoms with Crippen molar-refractivity contribution < 1.29 is 9.84 Å². The van der Waals surface area contributed by atoms with E-state index in [1.165, 1.54) is 0 Å². The zero-order valence-electron chi connectivity index (χ0n) is 16.0. The van der Waals surface area contributed by atoms with Crippen LogP contribution in [0, 0.1) is 5.41 Å². The van der Waals surface area contributed by atoms with Crippen LogP contribution in [0.15, 0.2) is 23.3 Å². The van der Waals surface area contributed by atoms with Gasteiger partial charge in [0.1, 0.15) is 5.82 Å². The molecule has 1 aromatic rings. The lowest BCUT2D eigenvalue weighted by Gasteiger charge is -2.34. The van der Waals surface area contributed by atoms with Gasteiger partial charge in [-0.25, -0.2) is 4.98 Å². The van der Waals surface area contributed by atoms with E-state index >= 15 is 0 Å². The van der Waals surface area contributed by atoms with Gasteiger partial charge in [-0.3, -0.25) is 4.99 Å². The van der Waals surface area contributed by atoms with Crippen molar-refractivity contribution in [2.24, 2.45) is 10.4 Å². The smallest absolute Gasteiger partial charge is 0.191 e. The number of hydrogen-bond donors (Lipinski definition) is 3. The van der Waals surface area contributed by atoms with Crippen molar-refractivity contribution in [3.05, 3.63) is 23.4 Å². The summed E-state index contributed by atoms with van der Waals surface area (Å²) in [5, 5.41) is 17.4. The van der Waals surface area contributed by atoms with E-state index in [-0.39, 0.29) is 18.1 Å². The van der Waals surface area contributed by atoms with Crippen LogP contribution in [0.1, 0.15) is 26.2 Å². The lowest BCUT2D eigenvalue weighted by molar-refractivity contribution is -0.0106. The van der Waals surface area contributed by atoms with Crippen LogP contribution < -0.4 is 15.5 Å². The van der Waals surface area contributed by atoms with Crippen molar-refractivity contribution in [1.82, 2.24) is 15.6 Å². The number of hydrogen-bond acceptors (Lipinski definition) is 5. The highest BCUT2D eigenvalue weighted by atomic mass is 35.5. The van der Waals surface area contributed by atoms with Crippen LogP contribution in [-0.4, -0.2) is 68.1 Å². The molecule has 2 aliphatic heterocycles. The largest absolute Gasteiger partial charge is 0.396 e. The van der Waals surface area contributed by atoms with Crippen molar-refractivity contribution in [3.8, 4) is 0 Å². The highest BCUT2D eigenvalue weighted by Crippen LogP contribution is 2.30. The zero-order valence-corrected chi connectivity index (χ0v) is 16.7. The molecule has 1 unspecified atom stereocenters. The zero-order chi connectivity index (χ0) is 19.1. The molecule has 2 fully saturated rings. The second-order valence-electron chi connectivity index (χ2n) is 7.35. The Morgan fingerprint density at radius 3 is 3.00 bits per heavy atom. The normalized spacial score (nSPS) is 22.7. The Hall–Kier alpha value is -1.57. The van der Waals surface area contributed by atoms with E-state index in [1.807, 2.05) is 12.1 Å². The number of nitrogens with one attached hydrogen (secondary N) is 2. The molecular formula is C19H30ClN5O2. The van der Waals surface area contributed by atoms with Crippen LogP contribution in [-0.2, 0) is 4.74 Å². The van der Waals surface area contributed by atoms with Crippen LogP contribution in [0.25, 0.3) is 0 Å². The summed E-state index contributed by atoms with van der Waals surface area (Å²) in [5.41, 5.74) is -0.163. The Bertz CT molecular complexity index is 636. The number of pyridine rings is 1. The summed E-state index contributed by atoms with van der Waals surface area (Å²) >= 11 is 6.28. The van der Waals surface area contributed by atoms with Gasteiger partial charge in [-0.15, -0.1) is 0 Å². The van der Waals surface area contributed by atoms with Gasteiger partial charge in [0.15, 0.2) is 5.96 Å². The molecule has 0 aromatic carbocycles. The number of aromatic nitrogens is 1. The van der Waals surface area contributed by atoms with Crippen molar-refractivity contribution in [2.45, 2.75) is 32.2 Å². The molecular weight excluding hydrogens is 366 g/mol. The molecule has 8 heteroatoms. The number of halogens is 1. The van der Waals surface area contributed by atoms with E-state index in [9.17, 15) is 5.11 Å². The lowest BCUT2D eigenvalue weighted by atomic mass is 9.81. The molecule has 0 radical (unpaired) electrons. The van der Waals surface area contributed by atoms with Gasteiger partial charge >= 0.3 is 0 Å². The molecule has 0 saturated carbocycles. The second-order valence-corrected chi connectivity index (χ2v) is 7.76. The molecule has 3 rings (SSSR count). The average Bonchev–Trinajstić information content (AvgIpc) is 3.16. The number of anilines is 1. The molecule has 0 spiro atoms. The first-order chi connectivity index (χ1) is 13.2. The number of ether oxygens (including phenoxy) is 1. The number of guanidine groups is 1. The fourth-order valence-electron chi connectivity index (χ4n) is 3.61. The van der Waals surface area contributed by atoms with Crippen LogP contribution in [0.4, 0.5) is 5.82 Å². The highest BCUT2D eigenvalue weighted by Gasteiger charge is 2.32. The monoisotopic (exact) mass is 395 g/mol. The average molecular weight is 396 g/mol. The molecule has 0 aliphatic carbocycles. The molecule has 0 amide bonds. The topological polar surface area (TPSA) is 82.0 Å². The minimum absolute atomic E-state index is 0.147. The van der Waals surface area contributed by atoms with Gasteiger partial charge < -0.3 is 25.4 Å². The molecule has 3 N–H and O–H groups in total. The molecule has 2 saturated heterocycles. The fraction of sp³-hybridized carbons (Fsp3) is 0.684. The summed E-state index contributed by atoms with van der Waals surface area (Å²) in [4.78, 5) is 11.4. The van der Waals surface area contributed by atoms with Crippen LogP contribution in [0.3, 0.4) is 0 Å². The minimum atomic E-state index is -0.163. The van der Waals surface area contributed by atoms with Crippen LogP contribution >= 0.6 is 11.6 Å². The summed E-state index contributed by atoms with van der Waals surface area (Å²) in [6, 6.07) is 4.00. The van der Waals surface area contributed by atoms with Crippen LogP contribution in [0.2, 0.25) is 5.02 Å². The van der Waals surface area contributed by atoms with Gasteiger partial charge in [-0.05, 0) is 38.3 Å². The number of aliphatic hydroxyl groups excluding tert-OH is 1. The third-order valence-corrected chi connectivity index (χ3v) is 5.67. The Kier molecular flexibility index (Phi) is 7.15. The van der Waals surface area contributed by atoms with Crippen molar-refractivity contribution in [1.29, 1.82) is 0 Å². The molecule has 1 atom stereocenters. The summed E-state index contributed by atoms with van der Waals surface area (Å²) in [6.07, 6.45) is 4.47. The lowest BCUT2D eigenvalue weighted by Crippen LogP contribution is -2.46. The van der Waals surface area contributed by atoms with E-state index in [1.54, 1.807) is 6.20 Å². The Morgan fingerprint density at radius 2 is 2.30 bits per heavy atom. The molecule has 27 heavy (non-hydrogen) atoms. The first-order valence-electron chi connectivity index (χ1n) is 9.75. The molecule has 7 nitrogen and oxygen atoms in total. The van der Waals surface area contributed by atoms with Crippen molar-refractivity contribution >= 4 is 23.4 Å². The van der Waals surface area contributed by atoms with Gasteiger partial charge in [0.2, 0.25) is 0 Å². The van der Waals surface area contributed by atoms with Crippen LogP contribution in [0.5, 0.6) is 0 Å². The van der Waals surface area contributed by atoms with E-state index in [4.69, 9.17) is 21.3 Å². The predicted molar refractivity (Wildman–Crippen MR) is 109 cm³/mol. The van der Waals surface area contributed by atoms with Gasteiger partial charge in [0.25, 0.3) is 0 Å². The molecule has 0 bridgehead atoms. The summed E-state index contributed by atoms with van der Waals surface area (Å²) in [5.74, 6) is 1.64. The summed E-state index contributed by atoms with van der Waals surface area (Å²) in [6.45, 7) is 6.74. The maximum atomic E-state index is 9.86. The Labute approximate surface area is 166 Å². The van der Waals surface area contributed by atoms with Gasteiger partial charge in [-0.1, -0.05) is 11.6 Å². The third kappa shape index (κ3) is 5.24. The first kappa shape index (κ1) is 20.2. The number of aliphatic imine (C=N–C) groups is 1. The quantitative estimate of drug-likeness (QED) is 0.502. The van der Waals surface area contributed by atoms with E-state index in [2.05, 4.69) is 27.4 Å². The Balaban J connectivity index is 1.60. The molecule has 150 valence electrons. The predicted octanol–water partition coefficient (Wildman–Crippen LogP) is 1.66. The van der Waals surface area contributed by atoms with Gasteiger partial charge in [0, 0.05) is 50.5 Å². The number of rotatable bonds is 6. The molecule has 1 aromatic heterocycles. The summed E-state index contributed by atoms with van der Waals surface area (Å²) < 4.78 is 5.44. The number of aliphatic hydroxyl groups is 1. The van der Waals surface area contributed by atoms with E-state index in [0.29, 0.717) is 24.8 Å². The maximum Gasteiger partial charge on any atom is 0.191 e. The van der Waals surface area contributed by atoms with E-state index in [0.717, 1.165) is 50.7 Å². The highest BCUT2D eigenvalue weighted by molar-refractivity contribution is 6.32. The molecule has 2 aliphatic rings. The van der Waals surface area contributed by atoms with E-state index < -0.39 is 0 Å². The third-order valence-electron chi connectivity index (χ3n) is 5.37.